The van der Waals surface area contributed by atoms with E-state index >= 15 is 0 Å². The van der Waals surface area contributed by atoms with E-state index in [9.17, 15) is 10.1 Å². The molecule has 0 N–H and O–H groups in total. The van der Waals surface area contributed by atoms with Gasteiger partial charge in [0.2, 0.25) is 0 Å². The molecule has 1 aliphatic carbocycles. The van der Waals surface area contributed by atoms with E-state index in [0.29, 0.717) is 42.6 Å². The molecule has 1 amide bonds. The molecule has 7 nitrogen and oxygen atoms in total. The Balaban J connectivity index is 1.68. The highest BCUT2D eigenvalue weighted by Gasteiger charge is 2.48. The van der Waals surface area contributed by atoms with Crippen molar-refractivity contribution < 1.29 is 14.3 Å². The van der Waals surface area contributed by atoms with Crippen molar-refractivity contribution in [2.75, 3.05) is 33.3 Å². The van der Waals surface area contributed by atoms with Crippen LogP contribution in [0.3, 0.4) is 0 Å². The molecule has 2 atom stereocenters. The highest BCUT2D eigenvalue weighted by atomic mass is 16.6. The lowest BCUT2D eigenvalue weighted by molar-refractivity contribution is 0.00403. The summed E-state index contributed by atoms with van der Waals surface area (Å²) in [6.45, 7) is 13.1. The summed E-state index contributed by atoms with van der Waals surface area (Å²) in [7, 11) is 1.55. The highest BCUT2D eigenvalue weighted by Crippen LogP contribution is 2.40. The number of nitriles is 1. The molecule has 0 unspecified atom stereocenters. The smallest absolute Gasteiger partial charge is 0.410 e. The molecule has 2 heterocycles. The SMILES string of the molecule is C=C1/N=C\N(C[C@H]2CCC[C@]3(C2)CN(CC(C)(C)C)C(=O)O3)C/C=C(C#N)\C=C/1OC. The quantitative estimate of drug-likeness (QED) is 0.671. The third-order valence-corrected chi connectivity index (χ3v) is 5.95. The molecule has 0 bridgehead atoms. The number of allylic oxidation sites excluding steroid dienone is 2. The van der Waals surface area contributed by atoms with Crippen LogP contribution in [0.25, 0.3) is 0 Å². The summed E-state index contributed by atoms with van der Waals surface area (Å²) in [6, 6.07) is 2.19. The molecule has 31 heavy (non-hydrogen) atoms. The van der Waals surface area contributed by atoms with Crippen LogP contribution in [0.4, 0.5) is 4.79 Å². The van der Waals surface area contributed by atoms with E-state index in [1.165, 1.54) is 0 Å². The van der Waals surface area contributed by atoms with E-state index in [0.717, 1.165) is 32.2 Å². The molecule has 1 spiro atoms. The van der Waals surface area contributed by atoms with Crippen LogP contribution in [0.1, 0.15) is 46.5 Å². The van der Waals surface area contributed by atoms with Gasteiger partial charge in [0, 0.05) is 19.6 Å². The predicted molar refractivity (Wildman–Crippen MR) is 120 cm³/mol. The molecule has 2 fully saturated rings. The van der Waals surface area contributed by atoms with Crippen LogP contribution in [0.5, 0.6) is 0 Å². The van der Waals surface area contributed by atoms with Gasteiger partial charge in [-0.1, -0.05) is 27.4 Å². The predicted octanol–water partition coefficient (Wildman–Crippen LogP) is 4.25. The first-order valence-corrected chi connectivity index (χ1v) is 10.9. The number of methoxy groups -OCH3 is 1. The number of aliphatic imine (C=N–C) groups is 1. The minimum absolute atomic E-state index is 0.0421. The maximum Gasteiger partial charge on any atom is 0.410 e. The molecular formula is C24H34N4O3. The lowest BCUT2D eigenvalue weighted by Crippen LogP contribution is -2.43. The Hall–Kier alpha value is -2.75. The van der Waals surface area contributed by atoms with E-state index in [2.05, 4.69) is 43.3 Å². The Kier molecular flexibility index (Phi) is 6.78. The summed E-state index contributed by atoms with van der Waals surface area (Å²) in [5.74, 6) is 0.865. The van der Waals surface area contributed by atoms with Crippen molar-refractivity contribution in [2.24, 2.45) is 16.3 Å². The van der Waals surface area contributed by atoms with Gasteiger partial charge in [-0.05, 0) is 49.2 Å². The minimum Gasteiger partial charge on any atom is -0.494 e. The van der Waals surface area contributed by atoms with Crippen LogP contribution < -0.4 is 0 Å². The number of hydrogen-bond donors (Lipinski definition) is 0. The third kappa shape index (κ3) is 5.90. The molecule has 168 valence electrons. The summed E-state index contributed by atoms with van der Waals surface area (Å²) in [5, 5.41) is 9.42. The van der Waals surface area contributed by atoms with Crippen molar-refractivity contribution in [3.05, 3.63) is 35.8 Å². The van der Waals surface area contributed by atoms with Gasteiger partial charge in [-0.25, -0.2) is 9.79 Å². The first-order chi connectivity index (χ1) is 14.6. The van der Waals surface area contributed by atoms with Gasteiger partial charge in [0.15, 0.2) is 0 Å². The zero-order chi connectivity index (χ0) is 22.6. The summed E-state index contributed by atoms with van der Waals surface area (Å²) in [6.07, 6.45) is 9.02. The molecular weight excluding hydrogens is 392 g/mol. The lowest BCUT2D eigenvalue weighted by atomic mass is 9.77. The van der Waals surface area contributed by atoms with Gasteiger partial charge in [0.05, 0.1) is 37.3 Å². The van der Waals surface area contributed by atoms with Crippen LogP contribution in [0.15, 0.2) is 40.8 Å². The standard InChI is InChI=1S/C24H34N4O3/c1-18-21(30-5)11-19(13-25)8-10-27(17-26-18)14-20-7-6-9-24(12-20)16-28(22(29)31-24)15-23(2,3)4/h8,11,17,20H,1,6-7,9-10,12,14-16H2,2-5H3/b19-8+,21-11+,26-17-/t20-,24-/m0/s1. The van der Waals surface area contributed by atoms with Gasteiger partial charge in [0.1, 0.15) is 11.4 Å². The Morgan fingerprint density at radius 1 is 1.45 bits per heavy atom. The molecule has 1 saturated carbocycles. The number of hydrogen-bond acceptors (Lipinski definition) is 6. The van der Waals surface area contributed by atoms with Crippen LogP contribution in [0.2, 0.25) is 0 Å². The number of rotatable bonds is 4. The van der Waals surface area contributed by atoms with E-state index in [4.69, 9.17) is 9.47 Å². The summed E-state index contributed by atoms with van der Waals surface area (Å²) in [5.41, 5.74) is 0.666. The van der Waals surface area contributed by atoms with Crippen LogP contribution in [0, 0.1) is 22.7 Å². The summed E-state index contributed by atoms with van der Waals surface area (Å²) in [4.78, 5) is 20.9. The average Bonchev–Trinajstić information content (AvgIpc) is 3.00. The van der Waals surface area contributed by atoms with Gasteiger partial charge in [-0.15, -0.1) is 0 Å². The maximum atomic E-state index is 12.5. The second-order valence-corrected chi connectivity index (χ2v) is 10.1. The Bertz CT molecular complexity index is 846. The largest absolute Gasteiger partial charge is 0.494 e. The molecule has 3 rings (SSSR count). The molecule has 2 aliphatic heterocycles. The number of carbonyl (C=O) groups excluding carboxylic acids is 1. The lowest BCUT2D eigenvalue weighted by Gasteiger charge is -2.38. The van der Waals surface area contributed by atoms with Gasteiger partial charge < -0.3 is 19.3 Å². The fourth-order valence-electron chi connectivity index (χ4n) is 4.69. The Morgan fingerprint density at radius 2 is 2.23 bits per heavy atom. The zero-order valence-electron chi connectivity index (χ0n) is 19.2. The summed E-state index contributed by atoms with van der Waals surface area (Å²) < 4.78 is 11.3. The molecule has 0 aromatic rings. The Labute approximate surface area is 185 Å². The van der Waals surface area contributed by atoms with Gasteiger partial charge in [-0.3, -0.25) is 0 Å². The first-order valence-electron chi connectivity index (χ1n) is 10.9. The van der Waals surface area contributed by atoms with Crippen molar-refractivity contribution in [2.45, 2.75) is 52.1 Å². The number of carbonyl (C=O) groups is 1. The second kappa shape index (κ2) is 9.17. The van der Waals surface area contributed by atoms with E-state index < -0.39 is 0 Å². The van der Waals surface area contributed by atoms with Crippen LogP contribution >= 0.6 is 0 Å². The Morgan fingerprint density at radius 3 is 2.90 bits per heavy atom. The van der Waals surface area contributed by atoms with Gasteiger partial charge >= 0.3 is 6.09 Å². The number of nitrogens with zero attached hydrogens (tertiary/aromatic N) is 4. The second-order valence-electron chi connectivity index (χ2n) is 10.1. The van der Waals surface area contributed by atoms with E-state index in [1.54, 1.807) is 19.5 Å². The number of amides is 1. The normalized spacial score (nSPS) is 31.5. The fourth-order valence-corrected chi connectivity index (χ4v) is 4.69. The topological polar surface area (TPSA) is 78.2 Å². The molecule has 3 aliphatic rings. The van der Waals surface area contributed by atoms with Crippen molar-refractivity contribution in [3.8, 4) is 6.07 Å². The monoisotopic (exact) mass is 426 g/mol. The van der Waals surface area contributed by atoms with Crippen molar-refractivity contribution in [3.63, 3.8) is 0 Å². The minimum atomic E-state index is -0.385. The fraction of sp³-hybridized carbons (Fsp3) is 0.625. The number of ether oxygens (including phenoxy) is 2. The summed E-state index contributed by atoms with van der Waals surface area (Å²) >= 11 is 0. The molecule has 1 saturated heterocycles. The van der Waals surface area contributed by atoms with Crippen molar-refractivity contribution >= 4 is 12.4 Å². The molecule has 7 heteroatoms. The van der Waals surface area contributed by atoms with E-state index in [-0.39, 0.29) is 17.1 Å². The third-order valence-electron chi connectivity index (χ3n) is 5.95. The zero-order valence-corrected chi connectivity index (χ0v) is 19.2. The van der Waals surface area contributed by atoms with Crippen LogP contribution in [-0.4, -0.2) is 61.1 Å². The first kappa shape index (κ1) is 22.9. The van der Waals surface area contributed by atoms with Crippen molar-refractivity contribution in [1.29, 1.82) is 5.26 Å². The van der Waals surface area contributed by atoms with Gasteiger partial charge in [0.25, 0.3) is 0 Å². The molecule has 0 radical (unpaired) electrons. The van der Waals surface area contributed by atoms with Crippen LogP contribution in [-0.2, 0) is 9.47 Å². The van der Waals surface area contributed by atoms with E-state index in [1.807, 2.05) is 11.0 Å². The molecule has 0 aromatic carbocycles. The molecule has 0 aromatic heterocycles. The van der Waals surface area contributed by atoms with Gasteiger partial charge in [-0.2, -0.15) is 5.26 Å². The highest BCUT2D eigenvalue weighted by molar-refractivity contribution is 5.70. The maximum absolute atomic E-state index is 12.5. The average molecular weight is 427 g/mol. The van der Waals surface area contributed by atoms with Crippen molar-refractivity contribution in [1.82, 2.24) is 9.80 Å².